The highest BCUT2D eigenvalue weighted by Gasteiger charge is 2.28. The molecule has 1 aromatic heterocycles. The van der Waals surface area contributed by atoms with E-state index in [1.807, 2.05) is 20.8 Å². The van der Waals surface area contributed by atoms with Crippen molar-refractivity contribution in [2.24, 2.45) is 7.05 Å². The molecule has 6 heteroatoms. The molecule has 1 N–H and O–H groups in total. The molecule has 0 saturated heterocycles. The van der Waals surface area contributed by atoms with Gasteiger partial charge in [0.2, 0.25) is 5.82 Å². The number of aryl methyl sites for hydroxylation is 1. The first-order valence-corrected chi connectivity index (χ1v) is 6.36. The van der Waals surface area contributed by atoms with Gasteiger partial charge in [-0.05, 0) is 13.3 Å². The van der Waals surface area contributed by atoms with Crippen LogP contribution in [0, 0.1) is 10.1 Å². The molecule has 6 nitrogen and oxygen atoms in total. The van der Waals surface area contributed by atoms with Gasteiger partial charge in [-0.25, -0.2) is 4.68 Å². The lowest BCUT2D eigenvalue weighted by atomic mass is 10.1. The number of nitro groups is 1. The summed E-state index contributed by atoms with van der Waals surface area (Å²) in [6.07, 6.45) is 2.01. The predicted octanol–water partition coefficient (Wildman–Crippen LogP) is 3.05. The number of aromatic nitrogens is 2. The molecule has 0 aliphatic rings. The summed E-state index contributed by atoms with van der Waals surface area (Å²) in [5.41, 5.74) is 0.643. The van der Waals surface area contributed by atoms with Crippen LogP contribution in [0.1, 0.15) is 52.1 Å². The van der Waals surface area contributed by atoms with E-state index in [9.17, 15) is 10.1 Å². The van der Waals surface area contributed by atoms with Gasteiger partial charge in [0.25, 0.3) is 0 Å². The third-order valence-electron chi connectivity index (χ3n) is 2.88. The average molecular weight is 254 g/mol. The third-order valence-corrected chi connectivity index (χ3v) is 2.88. The summed E-state index contributed by atoms with van der Waals surface area (Å²) in [6.45, 7) is 7.94. The predicted molar refractivity (Wildman–Crippen MR) is 71.9 cm³/mol. The fraction of sp³-hybridized carbons (Fsp3) is 0.750. The zero-order valence-electron chi connectivity index (χ0n) is 11.7. The zero-order valence-corrected chi connectivity index (χ0v) is 11.7. The SMILES string of the molecule is CCCC(C)Nc1c([N+](=O)[O-])c(C(C)C)nn1C. The van der Waals surface area contributed by atoms with Crippen LogP contribution >= 0.6 is 0 Å². The van der Waals surface area contributed by atoms with Gasteiger partial charge in [0, 0.05) is 19.0 Å². The molecule has 0 aromatic carbocycles. The molecule has 102 valence electrons. The van der Waals surface area contributed by atoms with Gasteiger partial charge in [0.15, 0.2) is 0 Å². The van der Waals surface area contributed by atoms with Crippen LogP contribution in [-0.4, -0.2) is 20.7 Å². The van der Waals surface area contributed by atoms with E-state index in [1.165, 1.54) is 0 Å². The fourth-order valence-corrected chi connectivity index (χ4v) is 2.00. The fourth-order valence-electron chi connectivity index (χ4n) is 2.00. The number of rotatable bonds is 6. The van der Waals surface area contributed by atoms with Crippen molar-refractivity contribution in [2.45, 2.75) is 52.5 Å². The largest absolute Gasteiger partial charge is 0.362 e. The lowest BCUT2D eigenvalue weighted by Crippen LogP contribution is -2.17. The van der Waals surface area contributed by atoms with Crippen molar-refractivity contribution >= 4 is 11.5 Å². The Balaban J connectivity index is 3.13. The molecule has 0 spiro atoms. The molecule has 0 aliphatic carbocycles. The lowest BCUT2D eigenvalue weighted by molar-refractivity contribution is -0.384. The average Bonchev–Trinajstić information content (AvgIpc) is 2.57. The molecule has 0 saturated carbocycles. The smallest absolute Gasteiger partial charge is 0.334 e. The van der Waals surface area contributed by atoms with Gasteiger partial charge in [-0.2, -0.15) is 5.10 Å². The van der Waals surface area contributed by atoms with Gasteiger partial charge in [-0.1, -0.05) is 27.2 Å². The minimum Gasteiger partial charge on any atom is -0.362 e. The van der Waals surface area contributed by atoms with Gasteiger partial charge in [-0.3, -0.25) is 10.1 Å². The molecule has 1 atom stereocenters. The van der Waals surface area contributed by atoms with Gasteiger partial charge >= 0.3 is 5.69 Å². The van der Waals surface area contributed by atoms with E-state index < -0.39 is 0 Å². The summed E-state index contributed by atoms with van der Waals surface area (Å²) in [5.74, 6) is 0.540. The molecular weight excluding hydrogens is 232 g/mol. The standard InChI is InChI=1S/C12H22N4O2/c1-6-7-9(4)13-12-11(16(17)18)10(8(2)3)14-15(12)5/h8-9,13H,6-7H2,1-5H3. The summed E-state index contributed by atoms with van der Waals surface area (Å²) < 4.78 is 1.57. The van der Waals surface area contributed by atoms with E-state index in [4.69, 9.17) is 0 Å². The maximum atomic E-state index is 11.2. The van der Waals surface area contributed by atoms with Crippen molar-refractivity contribution in [3.63, 3.8) is 0 Å². The minimum absolute atomic E-state index is 0.0358. The topological polar surface area (TPSA) is 73.0 Å². The molecule has 1 heterocycles. The van der Waals surface area contributed by atoms with Crippen molar-refractivity contribution in [3.05, 3.63) is 15.8 Å². The van der Waals surface area contributed by atoms with E-state index in [0.717, 1.165) is 12.8 Å². The van der Waals surface area contributed by atoms with Crippen LogP contribution in [0.3, 0.4) is 0 Å². The summed E-state index contributed by atoms with van der Waals surface area (Å²) in [7, 11) is 1.74. The van der Waals surface area contributed by atoms with E-state index in [2.05, 4.69) is 17.3 Å². The summed E-state index contributed by atoms with van der Waals surface area (Å²) >= 11 is 0. The summed E-state index contributed by atoms with van der Waals surface area (Å²) in [5, 5.41) is 18.7. The molecule has 0 amide bonds. The Kier molecular flexibility index (Phi) is 4.69. The molecule has 1 aromatic rings. The number of anilines is 1. The lowest BCUT2D eigenvalue weighted by Gasteiger charge is -2.13. The summed E-state index contributed by atoms with van der Waals surface area (Å²) in [6, 6.07) is 0.198. The van der Waals surface area contributed by atoms with Crippen LogP contribution in [0.4, 0.5) is 11.5 Å². The van der Waals surface area contributed by atoms with E-state index in [0.29, 0.717) is 11.5 Å². The molecule has 1 unspecified atom stereocenters. The monoisotopic (exact) mass is 254 g/mol. The Hall–Kier alpha value is -1.59. The quantitative estimate of drug-likeness (QED) is 0.625. The third kappa shape index (κ3) is 3.00. The van der Waals surface area contributed by atoms with Crippen molar-refractivity contribution in [1.29, 1.82) is 0 Å². The van der Waals surface area contributed by atoms with Crippen LogP contribution in [0.2, 0.25) is 0 Å². The highest BCUT2D eigenvalue weighted by Crippen LogP contribution is 2.33. The van der Waals surface area contributed by atoms with Gasteiger partial charge in [0.1, 0.15) is 5.69 Å². The van der Waals surface area contributed by atoms with E-state index >= 15 is 0 Å². The number of nitrogens with zero attached hydrogens (tertiary/aromatic N) is 3. The Morgan fingerprint density at radius 1 is 1.44 bits per heavy atom. The van der Waals surface area contributed by atoms with Crippen LogP contribution in [0.15, 0.2) is 0 Å². The Morgan fingerprint density at radius 3 is 2.50 bits per heavy atom. The van der Waals surface area contributed by atoms with Crippen molar-refractivity contribution in [1.82, 2.24) is 9.78 Å². The highest BCUT2D eigenvalue weighted by molar-refractivity contribution is 5.61. The molecule has 18 heavy (non-hydrogen) atoms. The van der Waals surface area contributed by atoms with E-state index in [1.54, 1.807) is 11.7 Å². The van der Waals surface area contributed by atoms with Crippen LogP contribution in [0.5, 0.6) is 0 Å². The second-order valence-electron chi connectivity index (χ2n) is 4.95. The molecular formula is C12H22N4O2. The molecule has 1 rings (SSSR count). The van der Waals surface area contributed by atoms with Crippen LogP contribution in [0.25, 0.3) is 0 Å². The first-order valence-electron chi connectivity index (χ1n) is 6.36. The Labute approximate surface area is 108 Å². The molecule has 0 radical (unpaired) electrons. The second kappa shape index (κ2) is 5.84. The number of nitrogens with one attached hydrogen (secondary N) is 1. The first-order chi connectivity index (χ1) is 8.38. The second-order valence-corrected chi connectivity index (χ2v) is 4.95. The Morgan fingerprint density at radius 2 is 2.06 bits per heavy atom. The van der Waals surface area contributed by atoms with Gasteiger partial charge in [0.05, 0.1) is 4.92 Å². The number of hydrogen-bond donors (Lipinski definition) is 1. The van der Waals surface area contributed by atoms with Crippen molar-refractivity contribution in [3.8, 4) is 0 Å². The Bertz CT molecular complexity index is 426. The van der Waals surface area contributed by atoms with Gasteiger partial charge in [-0.15, -0.1) is 0 Å². The van der Waals surface area contributed by atoms with E-state index in [-0.39, 0.29) is 22.6 Å². The number of hydrogen-bond acceptors (Lipinski definition) is 4. The van der Waals surface area contributed by atoms with Crippen LogP contribution < -0.4 is 5.32 Å². The maximum absolute atomic E-state index is 11.2. The molecule has 0 aliphatic heterocycles. The first kappa shape index (κ1) is 14.5. The highest BCUT2D eigenvalue weighted by atomic mass is 16.6. The van der Waals surface area contributed by atoms with Gasteiger partial charge < -0.3 is 5.32 Å². The van der Waals surface area contributed by atoms with Crippen LogP contribution in [-0.2, 0) is 7.05 Å². The molecule has 0 bridgehead atoms. The summed E-state index contributed by atoms with van der Waals surface area (Å²) in [4.78, 5) is 10.9. The minimum atomic E-state index is -0.344. The maximum Gasteiger partial charge on any atom is 0.334 e. The van der Waals surface area contributed by atoms with Crippen molar-refractivity contribution in [2.75, 3.05) is 5.32 Å². The van der Waals surface area contributed by atoms with Crippen molar-refractivity contribution < 1.29 is 4.92 Å². The normalized spacial score (nSPS) is 12.8. The molecule has 0 fully saturated rings. The zero-order chi connectivity index (χ0) is 13.9.